The van der Waals surface area contributed by atoms with Gasteiger partial charge in [0.2, 0.25) is 0 Å². The highest BCUT2D eigenvalue weighted by atomic mass is 16.3. The van der Waals surface area contributed by atoms with Crippen LogP contribution in [-0.4, -0.2) is 17.8 Å². The van der Waals surface area contributed by atoms with Gasteiger partial charge in [0, 0.05) is 16.9 Å². The van der Waals surface area contributed by atoms with Gasteiger partial charge in [0.05, 0.1) is 12.3 Å². The smallest absolute Gasteiger partial charge is 0.316 e. The molecular weight excluding hydrogens is 384 g/mol. The predicted octanol–water partition coefficient (Wildman–Crippen LogP) is 3.82. The summed E-state index contributed by atoms with van der Waals surface area (Å²) in [5.41, 5.74) is 8.28. The van der Waals surface area contributed by atoms with Crippen LogP contribution in [0.1, 0.15) is 45.0 Å². The SMILES string of the molecule is Cc1ccc(C(=O)NC(C)c2ccc(NC(N)=O)cc2)cc1NC(=O)c1ccco1. The van der Waals surface area contributed by atoms with Crippen LogP contribution in [0.3, 0.4) is 0 Å². The van der Waals surface area contributed by atoms with E-state index in [0.717, 1.165) is 11.1 Å². The molecule has 1 aromatic heterocycles. The summed E-state index contributed by atoms with van der Waals surface area (Å²) in [6.07, 6.45) is 1.42. The van der Waals surface area contributed by atoms with Crippen LogP contribution in [0.25, 0.3) is 0 Å². The van der Waals surface area contributed by atoms with Gasteiger partial charge in [0.1, 0.15) is 0 Å². The molecule has 8 nitrogen and oxygen atoms in total. The first kappa shape index (κ1) is 20.7. The highest BCUT2D eigenvalue weighted by molar-refractivity contribution is 6.04. The van der Waals surface area contributed by atoms with Gasteiger partial charge in [-0.3, -0.25) is 9.59 Å². The Hall–Kier alpha value is -4.07. The number of urea groups is 1. The van der Waals surface area contributed by atoms with Gasteiger partial charge in [-0.05, 0) is 61.4 Å². The molecule has 0 radical (unpaired) electrons. The summed E-state index contributed by atoms with van der Waals surface area (Å²) in [5, 5.41) is 8.16. The zero-order valence-electron chi connectivity index (χ0n) is 16.6. The van der Waals surface area contributed by atoms with Crippen LogP contribution in [0, 0.1) is 6.92 Å². The molecule has 0 aliphatic carbocycles. The van der Waals surface area contributed by atoms with E-state index in [-0.39, 0.29) is 17.7 Å². The van der Waals surface area contributed by atoms with Crippen LogP contribution in [0.2, 0.25) is 0 Å². The van der Waals surface area contributed by atoms with Gasteiger partial charge >= 0.3 is 6.03 Å². The normalized spacial score (nSPS) is 11.4. The average molecular weight is 406 g/mol. The van der Waals surface area contributed by atoms with Crippen molar-refractivity contribution in [3.05, 3.63) is 83.3 Å². The second-order valence-corrected chi connectivity index (χ2v) is 6.77. The minimum Gasteiger partial charge on any atom is -0.459 e. The number of nitrogens with one attached hydrogen (secondary N) is 3. The van der Waals surface area contributed by atoms with E-state index in [1.165, 1.54) is 6.26 Å². The van der Waals surface area contributed by atoms with Crippen molar-refractivity contribution in [3.63, 3.8) is 0 Å². The largest absolute Gasteiger partial charge is 0.459 e. The van der Waals surface area contributed by atoms with E-state index in [1.54, 1.807) is 54.6 Å². The summed E-state index contributed by atoms with van der Waals surface area (Å²) < 4.78 is 5.09. The third-order valence-corrected chi connectivity index (χ3v) is 4.52. The molecule has 0 aliphatic heterocycles. The molecule has 1 atom stereocenters. The van der Waals surface area contributed by atoms with Gasteiger partial charge in [-0.25, -0.2) is 4.79 Å². The molecule has 30 heavy (non-hydrogen) atoms. The first-order valence-corrected chi connectivity index (χ1v) is 9.26. The molecule has 0 bridgehead atoms. The second-order valence-electron chi connectivity index (χ2n) is 6.77. The third kappa shape index (κ3) is 5.05. The minimum atomic E-state index is -0.640. The van der Waals surface area contributed by atoms with Crippen LogP contribution in [0.4, 0.5) is 16.2 Å². The molecule has 0 saturated carbocycles. The van der Waals surface area contributed by atoms with Crippen LogP contribution in [0.15, 0.2) is 65.3 Å². The number of furan rings is 1. The molecule has 0 saturated heterocycles. The number of anilines is 2. The standard InChI is InChI=1S/C22H22N4O4/c1-13-5-6-16(12-18(13)26-21(28)19-4-3-11-30-19)20(27)24-14(2)15-7-9-17(10-8-15)25-22(23)29/h3-12,14H,1-2H3,(H,24,27)(H,26,28)(H3,23,25,29). The highest BCUT2D eigenvalue weighted by Crippen LogP contribution is 2.20. The Balaban J connectivity index is 1.69. The summed E-state index contributed by atoms with van der Waals surface area (Å²) >= 11 is 0. The molecule has 3 aromatic rings. The molecule has 1 unspecified atom stereocenters. The maximum Gasteiger partial charge on any atom is 0.316 e. The summed E-state index contributed by atoms with van der Waals surface area (Å²) in [6, 6.07) is 14.4. The first-order valence-electron chi connectivity index (χ1n) is 9.26. The zero-order chi connectivity index (χ0) is 21.7. The molecule has 2 aromatic carbocycles. The number of rotatable bonds is 6. The van der Waals surface area contributed by atoms with E-state index in [2.05, 4.69) is 16.0 Å². The lowest BCUT2D eigenvalue weighted by Crippen LogP contribution is -2.27. The molecule has 0 fully saturated rings. The van der Waals surface area contributed by atoms with Gasteiger partial charge in [0.15, 0.2) is 5.76 Å². The van der Waals surface area contributed by atoms with Crippen molar-refractivity contribution in [2.75, 3.05) is 10.6 Å². The van der Waals surface area contributed by atoms with Crippen molar-refractivity contribution in [3.8, 4) is 0 Å². The quantitative estimate of drug-likeness (QED) is 0.496. The lowest BCUT2D eigenvalue weighted by molar-refractivity contribution is 0.0938. The van der Waals surface area contributed by atoms with Gasteiger partial charge in [0.25, 0.3) is 11.8 Å². The average Bonchev–Trinajstić information content (AvgIpc) is 3.24. The maximum atomic E-state index is 12.7. The molecule has 0 aliphatic rings. The first-order chi connectivity index (χ1) is 14.3. The highest BCUT2D eigenvalue weighted by Gasteiger charge is 2.15. The van der Waals surface area contributed by atoms with Gasteiger partial charge in [-0.15, -0.1) is 0 Å². The second kappa shape index (κ2) is 8.95. The Morgan fingerprint density at radius 1 is 0.967 bits per heavy atom. The van der Waals surface area contributed by atoms with Crippen LogP contribution in [-0.2, 0) is 0 Å². The lowest BCUT2D eigenvalue weighted by atomic mass is 10.1. The molecule has 3 rings (SSSR count). The number of aryl methyl sites for hydroxylation is 1. The number of carbonyl (C=O) groups is 3. The number of nitrogens with two attached hydrogens (primary N) is 1. The molecule has 4 amide bonds. The van der Waals surface area contributed by atoms with E-state index in [0.29, 0.717) is 16.9 Å². The van der Waals surface area contributed by atoms with Crippen molar-refractivity contribution in [2.45, 2.75) is 19.9 Å². The maximum absolute atomic E-state index is 12.7. The molecule has 1 heterocycles. The minimum absolute atomic E-state index is 0.187. The Morgan fingerprint density at radius 2 is 1.70 bits per heavy atom. The van der Waals surface area contributed by atoms with Crippen LogP contribution in [0.5, 0.6) is 0 Å². The molecule has 154 valence electrons. The lowest BCUT2D eigenvalue weighted by Gasteiger charge is -2.16. The molecular formula is C22H22N4O4. The molecule has 5 N–H and O–H groups in total. The van der Waals surface area contributed by atoms with Crippen LogP contribution < -0.4 is 21.7 Å². The fourth-order valence-electron chi connectivity index (χ4n) is 2.85. The Morgan fingerprint density at radius 3 is 2.33 bits per heavy atom. The number of hydrogen-bond donors (Lipinski definition) is 4. The molecule has 8 heteroatoms. The van der Waals surface area contributed by atoms with E-state index in [1.807, 2.05) is 13.8 Å². The fourth-order valence-corrected chi connectivity index (χ4v) is 2.85. The Bertz CT molecular complexity index is 1060. The van der Waals surface area contributed by atoms with Crippen molar-refractivity contribution < 1.29 is 18.8 Å². The number of amides is 4. The van der Waals surface area contributed by atoms with E-state index < -0.39 is 11.9 Å². The van der Waals surface area contributed by atoms with Crippen molar-refractivity contribution in [1.29, 1.82) is 0 Å². The summed E-state index contributed by atoms with van der Waals surface area (Å²) in [7, 11) is 0. The number of carbonyl (C=O) groups excluding carboxylic acids is 3. The monoisotopic (exact) mass is 406 g/mol. The summed E-state index contributed by atoms with van der Waals surface area (Å²) in [4.78, 5) is 35.8. The number of primary amides is 1. The van der Waals surface area contributed by atoms with Crippen molar-refractivity contribution >= 4 is 29.2 Å². The summed E-state index contributed by atoms with van der Waals surface area (Å²) in [6.45, 7) is 3.69. The third-order valence-electron chi connectivity index (χ3n) is 4.52. The number of hydrogen-bond acceptors (Lipinski definition) is 4. The number of benzene rings is 2. The van der Waals surface area contributed by atoms with E-state index in [4.69, 9.17) is 10.2 Å². The Labute approximate surface area is 173 Å². The summed E-state index contributed by atoms with van der Waals surface area (Å²) in [5.74, 6) is -0.485. The predicted molar refractivity (Wildman–Crippen MR) is 113 cm³/mol. The van der Waals surface area contributed by atoms with Gasteiger partial charge in [-0.2, -0.15) is 0 Å². The topological polar surface area (TPSA) is 126 Å². The van der Waals surface area contributed by atoms with Crippen LogP contribution >= 0.6 is 0 Å². The zero-order valence-corrected chi connectivity index (χ0v) is 16.6. The van der Waals surface area contributed by atoms with Gasteiger partial charge in [-0.1, -0.05) is 18.2 Å². The van der Waals surface area contributed by atoms with E-state index in [9.17, 15) is 14.4 Å². The van der Waals surface area contributed by atoms with Gasteiger partial charge < -0.3 is 26.1 Å². The van der Waals surface area contributed by atoms with Crippen molar-refractivity contribution in [1.82, 2.24) is 5.32 Å². The fraction of sp³-hybridized carbons (Fsp3) is 0.136. The molecule has 0 spiro atoms. The van der Waals surface area contributed by atoms with E-state index >= 15 is 0 Å². The Kier molecular flexibility index (Phi) is 6.17. The van der Waals surface area contributed by atoms with Crippen molar-refractivity contribution in [2.24, 2.45) is 5.73 Å².